The highest BCUT2D eigenvalue weighted by molar-refractivity contribution is 6.31. The second-order valence-corrected chi connectivity index (χ2v) is 3.90. The largest absolute Gasteiger partial charge is 0.340 e. The fraction of sp³-hybridized carbons (Fsp3) is 0.0833. The van der Waals surface area contributed by atoms with Crippen molar-refractivity contribution >= 4 is 23.1 Å². The van der Waals surface area contributed by atoms with E-state index in [-0.39, 0.29) is 0 Å². The monoisotopic (exact) mass is 244 g/mol. The Balaban J connectivity index is 2.25. The van der Waals surface area contributed by atoms with Crippen molar-refractivity contribution in [3.63, 3.8) is 0 Å². The van der Waals surface area contributed by atoms with E-state index in [4.69, 9.17) is 16.9 Å². The van der Waals surface area contributed by atoms with Gasteiger partial charge in [-0.15, -0.1) is 0 Å². The van der Waals surface area contributed by atoms with Crippen LogP contribution in [0.4, 0.5) is 11.5 Å². The highest BCUT2D eigenvalue weighted by Crippen LogP contribution is 2.22. The molecule has 1 heterocycles. The minimum absolute atomic E-state index is 0.320. The molecule has 84 valence electrons. The molecule has 2 rings (SSSR count). The van der Waals surface area contributed by atoms with Gasteiger partial charge in [-0.2, -0.15) is 5.26 Å². The van der Waals surface area contributed by atoms with Crippen LogP contribution in [0.15, 0.2) is 30.6 Å². The molecular formula is C12H9ClN4. The number of nitrogens with one attached hydrogen (secondary N) is 1. The van der Waals surface area contributed by atoms with Crippen LogP contribution in [0.5, 0.6) is 0 Å². The molecule has 0 fully saturated rings. The van der Waals surface area contributed by atoms with E-state index in [9.17, 15) is 0 Å². The van der Waals surface area contributed by atoms with Crippen molar-refractivity contribution in [3.8, 4) is 6.07 Å². The summed E-state index contributed by atoms with van der Waals surface area (Å²) in [5, 5.41) is 12.5. The first-order chi connectivity index (χ1) is 8.19. The molecule has 0 saturated carbocycles. The number of hydrogen-bond donors (Lipinski definition) is 1. The lowest BCUT2D eigenvalue weighted by atomic mass is 10.2. The van der Waals surface area contributed by atoms with Gasteiger partial charge in [0.25, 0.3) is 0 Å². The number of halogens is 1. The summed E-state index contributed by atoms with van der Waals surface area (Å²) in [4.78, 5) is 7.81. The Kier molecular flexibility index (Phi) is 3.22. The Morgan fingerprint density at radius 3 is 2.82 bits per heavy atom. The molecule has 0 aliphatic carbocycles. The number of nitrogens with zero attached hydrogens (tertiary/aromatic N) is 3. The molecule has 0 aliphatic rings. The van der Waals surface area contributed by atoms with Crippen molar-refractivity contribution in [2.45, 2.75) is 6.92 Å². The average molecular weight is 245 g/mol. The van der Waals surface area contributed by atoms with Gasteiger partial charge in [0.15, 0.2) is 0 Å². The zero-order chi connectivity index (χ0) is 12.3. The molecule has 2 aromatic rings. The fourth-order valence-electron chi connectivity index (χ4n) is 1.31. The molecule has 17 heavy (non-hydrogen) atoms. The fourth-order valence-corrected chi connectivity index (χ4v) is 1.49. The van der Waals surface area contributed by atoms with Crippen molar-refractivity contribution in [3.05, 3.63) is 46.9 Å². The molecule has 0 radical (unpaired) electrons. The maximum atomic E-state index is 8.72. The number of rotatable bonds is 2. The van der Waals surface area contributed by atoms with Crippen LogP contribution in [0.1, 0.15) is 11.3 Å². The highest BCUT2D eigenvalue weighted by Gasteiger charge is 2.01. The van der Waals surface area contributed by atoms with Crippen LogP contribution in [-0.4, -0.2) is 9.97 Å². The first-order valence-electron chi connectivity index (χ1n) is 4.94. The number of aromatic nitrogens is 2. The number of hydrogen-bond acceptors (Lipinski definition) is 4. The van der Waals surface area contributed by atoms with E-state index in [0.717, 1.165) is 11.3 Å². The zero-order valence-electron chi connectivity index (χ0n) is 9.11. The molecule has 0 unspecified atom stereocenters. The molecular weight excluding hydrogens is 236 g/mol. The van der Waals surface area contributed by atoms with Gasteiger partial charge in [-0.3, -0.25) is 0 Å². The number of nitriles is 1. The minimum atomic E-state index is 0.320. The molecule has 0 atom stereocenters. The molecule has 0 aliphatic heterocycles. The predicted molar refractivity (Wildman–Crippen MR) is 66.2 cm³/mol. The second kappa shape index (κ2) is 4.81. The molecule has 0 spiro atoms. The van der Waals surface area contributed by atoms with Crippen LogP contribution in [0, 0.1) is 18.3 Å². The van der Waals surface area contributed by atoms with E-state index in [0.29, 0.717) is 16.5 Å². The Morgan fingerprint density at radius 2 is 2.12 bits per heavy atom. The summed E-state index contributed by atoms with van der Waals surface area (Å²) in [7, 11) is 0. The quantitative estimate of drug-likeness (QED) is 0.882. The molecule has 4 nitrogen and oxygen atoms in total. The molecule has 5 heteroatoms. The second-order valence-electron chi connectivity index (χ2n) is 3.49. The number of benzene rings is 1. The maximum Gasteiger partial charge on any atom is 0.145 e. The van der Waals surface area contributed by atoms with Crippen LogP contribution in [-0.2, 0) is 0 Å². The Labute approximate surface area is 104 Å². The maximum absolute atomic E-state index is 8.72. The topological polar surface area (TPSA) is 61.6 Å². The van der Waals surface area contributed by atoms with Crippen molar-refractivity contribution in [1.82, 2.24) is 9.97 Å². The number of anilines is 2. The summed E-state index contributed by atoms with van der Waals surface area (Å²) in [6.45, 7) is 1.94. The van der Waals surface area contributed by atoms with E-state index in [1.807, 2.05) is 31.2 Å². The van der Waals surface area contributed by atoms with Gasteiger partial charge in [0.2, 0.25) is 0 Å². The summed E-state index contributed by atoms with van der Waals surface area (Å²) in [5.74, 6) is 0.566. The Morgan fingerprint density at radius 1 is 1.29 bits per heavy atom. The van der Waals surface area contributed by atoms with Crippen molar-refractivity contribution in [1.29, 1.82) is 5.26 Å². The van der Waals surface area contributed by atoms with Crippen LogP contribution < -0.4 is 5.32 Å². The van der Waals surface area contributed by atoms with Crippen molar-refractivity contribution < 1.29 is 0 Å². The van der Waals surface area contributed by atoms with Gasteiger partial charge in [-0.25, -0.2) is 9.97 Å². The Hall–Kier alpha value is -2.12. The van der Waals surface area contributed by atoms with Gasteiger partial charge in [0, 0.05) is 16.8 Å². The first-order valence-corrected chi connectivity index (χ1v) is 5.32. The van der Waals surface area contributed by atoms with Gasteiger partial charge < -0.3 is 5.32 Å². The lowest BCUT2D eigenvalue weighted by Crippen LogP contribution is -1.95. The third-order valence-electron chi connectivity index (χ3n) is 2.23. The van der Waals surface area contributed by atoms with E-state index in [1.54, 1.807) is 6.07 Å². The normalized spacial score (nSPS) is 9.71. The molecule has 0 amide bonds. The van der Waals surface area contributed by atoms with Gasteiger partial charge in [-0.05, 0) is 24.6 Å². The summed E-state index contributed by atoms with van der Waals surface area (Å²) in [6, 6.07) is 9.16. The van der Waals surface area contributed by atoms with E-state index >= 15 is 0 Å². The smallest absolute Gasteiger partial charge is 0.145 e. The molecule has 0 saturated heterocycles. The van der Waals surface area contributed by atoms with E-state index in [2.05, 4.69) is 15.3 Å². The SMILES string of the molecule is Cc1ccc(Nc2cc(C#N)ncn2)cc1Cl. The van der Waals surface area contributed by atoms with Gasteiger partial charge in [0.1, 0.15) is 23.9 Å². The van der Waals surface area contributed by atoms with E-state index < -0.39 is 0 Å². The van der Waals surface area contributed by atoms with Crippen molar-refractivity contribution in [2.24, 2.45) is 0 Å². The molecule has 1 N–H and O–H groups in total. The molecule has 1 aromatic heterocycles. The standard InChI is InChI=1S/C12H9ClN4/c1-8-2-3-9(4-11(8)13)17-12-5-10(6-14)15-7-16-12/h2-5,7H,1H3,(H,15,16,17). The Bertz CT molecular complexity index is 589. The van der Waals surface area contributed by atoms with Crippen LogP contribution in [0.3, 0.4) is 0 Å². The highest BCUT2D eigenvalue weighted by atomic mass is 35.5. The first kappa shape index (κ1) is 11.4. The van der Waals surface area contributed by atoms with Crippen LogP contribution in [0.25, 0.3) is 0 Å². The zero-order valence-corrected chi connectivity index (χ0v) is 9.86. The summed E-state index contributed by atoms with van der Waals surface area (Å²) in [5.41, 5.74) is 2.15. The number of aryl methyl sites for hydroxylation is 1. The predicted octanol–water partition coefficient (Wildman–Crippen LogP) is 3.05. The lowest BCUT2D eigenvalue weighted by Gasteiger charge is -2.06. The summed E-state index contributed by atoms with van der Waals surface area (Å²) < 4.78 is 0. The third-order valence-corrected chi connectivity index (χ3v) is 2.63. The van der Waals surface area contributed by atoms with Gasteiger partial charge >= 0.3 is 0 Å². The summed E-state index contributed by atoms with van der Waals surface area (Å²) in [6.07, 6.45) is 1.34. The third kappa shape index (κ3) is 2.71. The minimum Gasteiger partial charge on any atom is -0.340 e. The van der Waals surface area contributed by atoms with Crippen LogP contribution in [0.2, 0.25) is 5.02 Å². The molecule has 1 aromatic carbocycles. The average Bonchev–Trinajstić information content (AvgIpc) is 2.34. The van der Waals surface area contributed by atoms with Crippen LogP contribution >= 0.6 is 11.6 Å². The van der Waals surface area contributed by atoms with Crippen molar-refractivity contribution in [2.75, 3.05) is 5.32 Å². The molecule has 0 bridgehead atoms. The summed E-state index contributed by atoms with van der Waals surface area (Å²) >= 11 is 6.01. The van der Waals surface area contributed by atoms with E-state index in [1.165, 1.54) is 6.33 Å². The lowest BCUT2D eigenvalue weighted by molar-refractivity contribution is 1.14. The van der Waals surface area contributed by atoms with Gasteiger partial charge in [0.05, 0.1) is 0 Å². The van der Waals surface area contributed by atoms with Gasteiger partial charge in [-0.1, -0.05) is 17.7 Å².